The molecular formula is C24H19ClFN5O3S. The monoisotopic (exact) mass is 511 g/mol. The molecule has 2 aromatic carbocycles. The highest BCUT2D eigenvalue weighted by Gasteiger charge is 2.19. The number of pyridine rings is 1. The molecule has 4 rings (SSSR count). The number of hydrogen-bond acceptors (Lipinski definition) is 7. The van der Waals surface area contributed by atoms with E-state index in [9.17, 15) is 13.2 Å². The molecular weight excluding hydrogens is 493 g/mol. The van der Waals surface area contributed by atoms with Crippen LogP contribution in [0.3, 0.4) is 0 Å². The van der Waals surface area contributed by atoms with Crippen molar-refractivity contribution >= 4 is 38.0 Å². The molecule has 8 nitrogen and oxygen atoms in total. The molecule has 4 aromatic rings. The molecule has 0 amide bonds. The van der Waals surface area contributed by atoms with Crippen LogP contribution in [0.25, 0.3) is 22.0 Å². The van der Waals surface area contributed by atoms with Crippen molar-refractivity contribution in [3.63, 3.8) is 0 Å². The summed E-state index contributed by atoms with van der Waals surface area (Å²) >= 11 is 6.32. The summed E-state index contributed by atoms with van der Waals surface area (Å²) in [7, 11) is -3.22. The predicted molar refractivity (Wildman–Crippen MR) is 133 cm³/mol. The zero-order chi connectivity index (χ0) is 25.2. The number of rotatable bonds is 7. The maximum absolute atomic E-state index is 15.2. The Morgan fingerprint density at radius 1 is 1.14 bits per heavy atom. The zero-order valence-electron chi connectivity index (χ0n) is 18.5. The van der Waals surface area contributed by atoms with Gasteiger partial charge in [0.05, 0.1) is 39.9 Å². The average molecular weight is 512 g/mol. The lowest BCUT2D eigenvalue weighted by molar-refractivity contribution is 0.585. The SMILES string of the molecule is CS(=O)(=O)CCNc1nc(F)c(-c2nn(Cc3ccc(C#N)cc3)c(=O)c3ccccc23)cc1Cl. The number of nitrogens with one attached hydrogen (secondary N) is 1. The maximum atomic E-state index is 15.2. The van der Waals surface area contributed by atoms with Gasteiger partial charge in [-0.05, 0) is 29.8 Å². The van der Waals surface area contributed by atoms with Gasteiger partial charge in [-0.1, -0.05) is 41.9 Å². The Labute approximate surface area is 205 Å². The fourth-order valence-electron chi connectivity index (χ4n) is 3.51. The van der Waals surface area contributed by atoms with E-state index in [1.165, 1.54) is 10.7 Å². The van der Waals surface area contributed by atoms with Gasteiger partial charge in [-0.3, -0.25) is 4.79 Å². The van der Waals surface area contributed by atoms with Crippen LogP contribution in [0.15, 0.2) is 59.4 Å². The standard InChI is InChI=1S/C24H19ClFN5O3S/c1-35(33,34)11-10-28-23-20(25)12-19(22(26)29-23)21-17-4-2-3-5-18(17)24(32)31(30-21)14-16-8-6-15(13-27)7-9-16/h2-9,12H,10-11,14H2,1H3,(H,28,29). The van der Waals surface area contributed by atoms with Gasteiger partial charge in [0, 0.05) is 18.2 Å². The van der Waals surface area contributed by atoms with Crippen LogP contribution in [0.5, 0.6) is 0 Å². The summed E-state index contributed by atoms with van der Waals surface area (Å²) in [5.74, 6) is -1.04. The maximum Gasteiger partial charge on any atom is 0.274 e. The number of hydrogen-bond donors (Lipinski definition) is 1. The number of fused-ring (bicyclic) bond motifs is 1. The van der Waals surface area contributed by atoms with E-state index >= 15 is 4.39 Å². The number of halogens is 2. The molecule has 0 aliphatic rings. The van der Waals surface area contributed by atoms with Crippen LogP contribution in [-0.4, -0.2) is 41.7 Å². The quantitative estimate of drug-likeness (QED) is 0.376. The molecule has 0 aliphatic heterocycles. The van der Waals surface area contributed by atoms with Gasteiger partial charge in [0.15, 0.2) is 0 Å². The fraction of sp³-hybridized carbons (Fsp3) is 0.167. The third-order valence-electron chi connectivity index (χ3n) is 5.23. The largest absolute Gasteiger partial charge is 0.368 e. The number of sulfone groups is 1. The molecule has 0 saturated carbocycles. The van der Waals surface area contributed by atoms with E-state index in [0.29, 0.717) is 16.3 Å². The normalized spacial score (nSPS) is 11.4. The molecule has 0 fully saturated rings. The first-order chi connectivity index (χ1) is 16.7. The number of anilines is 1. The van der Waals surface area contributed by atoms with Crippen LogP contribution >= 0.6 is 11.6 Å². The summed E-state index contributed by atoms with van der Waals surface area (Å²) in [4.78, 5) is 17.0. The molecule has 11 heteroatoms. The summed E-state index contributed by atoms with van der Waals surface area (Å²) in [5, 5.41) is 17.0. The lowest BCUT2D eigenvalue weighted by atomic mass is 10.1. The summed E-state index contributed by atoms with van der Waals surface area (Å²) < 4.78 is 39.1. The summed E-state index contributed by atoms with van der Waals surface area (Å²) in [6.45, 7) is 0.122. The molecule has 0 radical (unpaired) electrons. The van der Waals surface area contributed by atoms with Crippen molar-refractivity contribution in [1.29, 1.82) is 5.26 Å². The minimum Gasteiger partial charge on any atom is -0.368 e. The molecule has 2 aromatic heterocycles. The number of nitriles is 1. The van der Waals surface area contributed by atoms with Crippen LogP contribution in [0.2, 0.25) is 5.02 Å². The minimum absolute atomic E-state index is 0.00607. The van der Waals surface area contributed by atoms with Gasteiger partial charge in [0.1, 0.15) is 21.3 Å². The Morgan fingerprint density at radius 3 is 2.49 bits per heavy atom. The summed E-state index contributed by atoms with van der Waals surface area (Å²) in [6.07, 6.45) is 1.09. The van der Waals surface area contributed by atoms with Gasteiger partial charge >= 0.3 is 0 Å². The molecule has 0 saturated heterocycles. The Kier molecular flexibility index (Phi) is 6.82. The van der Waals surface area contributed by atoms with E-state index in [1.807, 2.05) is 6.07 Å². The van der Waals surface area contributed by atoms with Gasteiger partial charge in [-0.25, -0.2) is 18.1 Å². The van der Waals surface area contributed by atoms with E-state index < -0.39 is 15.8 Å². The molecule has 0 atom stereocenters. The molecule has 0 unspecified atom stereocenters. The van der Waals surface area contributed by atoms with E-state index in [1.54, 1.807) is 48.5 Å². The van der Waals surface area contributed by atoms with Crippen molar-refractivity contribution in [3.8, 4) is 17.3 Å². The molecule has 35 heavy (non-hydrogen) atoms. The van der Waals surface area contributed by atoms with Crippen LogP contribution < -0.4 is 10.9 Å². The Morgan fingerprint density at radius 2 is 1.83 bits per heavy atom. The fourth-order valence-corrected chi connectivity index (χ4v) is 4.20. The molecule has 0 aliphatic carbocycles. The molecule has 0 bridgehead atoms. The predicted octanol–water partition coefficient (Wildman–Crippen LogP) is 3.63. The second kappa shape index (κ2) is 9.82. The van der Waals surface area contributed by atoms with Crippen molar-refractivity contribution in [2.75, 3.05) is 23.9 Å². The lowest BCUT2D eigenvalue weighted by Gasteiger charge is -2.13. The van der Waals surface area contributed by atoms with E-state index in [0.717, 1.165) is 11.8 Å². The lowest BCUT2D eigenvalue weighted by Crippen LogP contribution is -2.24. The van der Waals surface area contributed by atoms with Gasteiger partial charge in [-0.2, -0.15) is 14.8 Å². The third-order valence-corrected chi connectivity index (χ3v) is 6.47. The van der Waals surface area contributed by atoms with Crippen LogP contribution in [-0.2, 0) is 16.4 Å². The van der Waals surface area contributed by atoms with E-state index in [2.05, 4.69) is 15.4 Å². The van der Waals surface area contributed by atoms with Crippen molar-refractivity contribution in [2.45, 2.75) is 6.54 Å². The van der Waals surface area contributed by atoms with Gasteiger partial charge in [0.2, 0.25) is 5.95 Å². The summed E-state index contributed by atoms with van der Waals surface area (Å²) in [6, 6.07) is 16.8. The highest BCUT2D eigenvalue weighted by molar-refractivity contribution is 7.90. The first-order valence-corrected chi connectivity index (χ1v) is 12.9. The Bertz CT molecular complexity index is 1630. The Balaban J connectivity index is 1.78. The van der Waals surface area contributed by atoms with Gasteiger partial charge in [-0.15, -0.1) is 0 Å². The van der Waals surface area contributed by atoms with Crippen LogP contribution in [0.1, 0.15) is 11.1 Å². The second-order valence-corrected chi connectivity index (χ2v) is 10.5. The Hall–Kier alpha value is -3.81. The van der Waals surface area contributed by atoms with E-state index in [4.69, 9.17) is 16.9 Å². The topological polar surface area (TPSA) is 118 Å². The van der Waals surface area contributed by atoms with Crippen molar-refractivity contribution in [2.24, 2.45) is 0 Å². The van der Waals surface area contributed by atoms with Gasteiger partial charge in [0.25, 0.3) is 5.56 Å². The molecule has 1 N–H and O–H groups in total. The average Bonchev–Trinajstić information content (AvgIpc) is 2.83. The molecule has 0 spiro atoms. The minimum atomic E-state index is -3.22. The van der Waals surface area contributed by atoms with Crippen molar-refractivity contribution < 1.29 is 12.8 Å². The summed E-state index contributed by atoms with van der Waals surface area (Å²) in [5.41, 5.74) is 1.05. The number of nitrogens with zero attached hydrogens (tertiary/aromatic N) is 4. The number of benzene rings is 2. The first kappa shape index (κ1) is 24.3. The van der Waals surface area contributed by atoms with Crippen molar-refractivity contribution in [3.05, 3.63) is 87.0 Å². The smallest absolute Gasteiger partial charge is 0.274 e. The number of aromatic nitrogens is 3. The molecule has 178 valence electrons. The van der Waals surface area contributed by atoms with Crippen LogP contribution in [0.4, 0.5) is 10.2 Å². The van der Waals surface area contributed by atoms with Gasteiger partial charge < -0.3 is 5.32 Å². The second-order valence-electron chi connectivity index (χ2n) is 7.88. The highest BCUT2D eigenvalue weighted by atomic mass is 35.5. The highest BCUT2D eigenvalue weighted by Crippen LogP contribution is 2.31. The van der Waals surface area contributed by atoms with E-state index in [-0.39, 0.29) is 46.5 Å². The molecule has 2 heterocycles. The zero-order valence-corrected chi connectivity index (χ0v) is 20.1. The van der Waals surface area contributed by atoms with Crippen molar-refractivity contribution in [1.82, 2.24) is 14.8 Å². The third kappa shape index (κ3) is 5.48. The first-order valence-electron chi connectivity index (χ1n) is 10.4. The van der Waals surface area contributed by atoms with Crippen LogP contribution in [0, 0.1) is 17.3 Å².